The SMILES string of the molecule is CSc1sc(C(=N)N)cc1N(S(=O)(=O)c1cccc2ccccc12)S(=O)(=O)c1cccc2ccccc12.CSc1sc(C(=N)N)cc1NS(=O)(=O)c1cccc2ccccc12. The van der Waals surface area contributed by atoms with Crippen molar-refractivity contribution in [2.24, 2.45) is 11.5 Å². The van der Waals surface area contributed by atoms with E-state index in [0.717, 1.165) is 20.9 Å². The van der Waals surface area contributed by atoms with Gasteiger partial charge in [0, 0.05) is 16.2 Å². The highest BCUT2D eigenvalue weighted by atomic mass is 32.3. The zero-order valence-electron chi connectivity index (χ0n) is 32.2. The van der Waals surface area contributed by atoms with Gasteiger partial charge in [-0.05, 0) is 59.0 Å². The molecule has 6 aromatic carbocycles. The third-order valence-corrected chi connectivity index (χ3v) is 19.5. The molecule has 0 fully saturated rings. The highest BCUT2D eigenvalue weighted by molar-refractivity contribution is 8.10. The Morgan fingerprint density at radius 2 is 0.918 bits per heavy atom. The van der Waals surface area contributed by atoms with Crippen LogP contribution in [-0.4, -0.2) is 49.4 Å². The first kappa shape index (κ1) is 43.7. The van der Waals surface area contributed by atoms with Crippen LogP contribution in [0.1, 0.15) is 9.75 Å². The normalized spacial score (nSPS) is 11.9. The lowest BCUT2D eigenvalue weighted by atomic mass is 10.1. The van der Waals surface area contributed by atoms with Gasteiger partial charge in [-0.1, -0.05) is 109 Å². The van der Waals surface area contributed by atoms with Crippen LogP contribution >= 0.6 is 46.2 Å². The minimum Gasteiger partial charge on any atom is -0.383 e. The van der Waals surface area contributed by atoms with E-state index in [4.69, 9.17) is 22.3 Å². The Morgan fingerprint density at radius 3 is 1.36 bits per heavy atom. The first-order valence-electron chi connectivity index (χ1n) is 17.9. The Balaban J connectivity index is 0.000000202. The molecule has 7 N–H and O–H groups in total. The van der Waals surface area contributed by atoms with E-state index in [2.05, 4.69) is 4.72 Å². The molecule has 8 rings (SSSR count). The first-order chi connectivity index (χ1) is 29.1. The summed E-state index contributed by atoms with van der Waals surface area (Å²) < 4.78 is 87.7. The van der Waals surface area contributed by atoms with Crippen molar-refractivity contribution in [3.8, 4) is 0 Å². The van der Waals surface area contributed by atoms with Gasteiger partial charge in [-0.2, -0.15) is 20.5 Å². The molecule has 2 aromatic heterocycles. The Labute approximate surface area is 369 Å². The average Bonchev–Trinajstić information content (AvgIpc) is 3.87. The Bertz CT molecular complexity index is 3230. The minimum absolute atomic E-state index is 0.0661. The van der Waals surface area contributed by atoms with Crippen LogP contribution in [0.2, 0.25) is 0 Å². The fraction of sp³-hybridized carbons (Fsp3) is 0.0476. The number of amidine groups is 2. The van der Waals surface area contributed by atoms with E-state index < -0.39 is 30.1 Å². The number of nitrogen functional groups attached to an aromatic ring is 2. The van der Waals surface area contributed by atoms with E-state index in [1.54, 1.807) is 103 Å². The molecule has 0 bridgehead atoms. The van der Waals surface area contributed by atoms with Crippen molar-refractivity contribution >= 4 is 132 Å². The van der Waals surface area contributed by atoms with Gasteiger partial charge in [-0.15, -0.1) is 46.2 Å². The Kier molecular flexibility index (Phi) is 12.5. The molecule has 12 nitrogen and oxygen atoms in total. The van der Waals surface area contributed by atoms with Gasteiger partial charge in [0.2, 0.25) is 0 Å². The number of anilines is 2. The average molecular weight is 945 g/mol. The number of nitrogens with one attached hydrogen (secondary N) is 3. The van der Waals surface area contributed by atoms with Crippen molar-refractivity contribution in [3.63, 3.8) is 0 Å². The van der Waals surface area contributed by atoms with Crippen molar-refractivity contribution in [3.05, 3.63) is 149 Å². The number of thiophene rings is 2. The van der Waals surface area contributed by atoms with E-state index in [-0.39, 0.29) is 36.9 Å². The molecule has 0 aliphatic heterocycles. The van der Waals surface area contributed by atoms with Crippen LogP contribution in [0.15, 0.2) is 163 Å². The first-order valence-corrected chi connectivity index (χ1v) is 26.3. The van der Waals surface area contributed by atoms with Crippen LogP contribution in [0.4, 0.5) is 11.4 Å². The second-order valence-corrected chi connectivity index (χ2v) is 22.7. The second kappa shape index (κ2) is 17.5. The molecule has 0 saturated carbocycles. The van der Waals surface area contributed by atoms with Gasteiger partial charge in [-0.25, -0.2) is 8.42 Å². The van der Waals surface area contributed by atoms with Gasteiger partial charge in [0.15, 0.2) is 0 Å². The summed E-state index contributed by atoms with van der Waals surface area (Å²) in [5.74, 6) is -0.359. The van der Waals surface area contributed by atoms with Crippen molar-refractivity contribution in [2.75, 3.05) is 20.9 Å². The molecule has 0 saturated heterocycles. The van der Waals surface area contributed by atoms with Gasteiger partial charge in [-0.3, -0.25) is 15.5 Å². The molecule has 2 heterocycles. The summed E-state index contributed by atoms with van der Waals surface area (Å²) >= 11 is 4.96. The number of nitrogens with zero attached hydrogens (tertiary/aromatic N) is 1. The van der Waals surface area contributed by atoms with Gasteiger partial charge in [0.05, 0.1) is 44.2 Å². The summed E-state index contributed by atoms with van der Waals surface area (Å²) in [4.78, 5) is 0.748. The molecule has 0 aliphatic rings. The van der Waals surface area contributed by atoms with Gasteiger partial charge in [0.1, 0.15) is 11.7 Å². The lowest BCUT2D eigenvalue weighted by molar-refractivity contribution is 0.584. The number of rotatable bonds is 12. The molecule has 0 radical (unpaired) electrons. The number of fused-ring (bicyclic) bond motifs is 3. The van der Waals surface area contributed by atoms with Crippen molar-refractivity contribution in [2.45, 2.75) is 23.1 Å². The maximum atomic E-state index is 14.4. The molecular weight excluding hydrogens is 909 g/mol. The maximum absolute atomic E-state index is 14.4. The summed E-state index contributed by atoms with van der Waals surface area (Å²) in [5, 5.41) is 19.0. The molecular formula is C42H36N6O6S7. The van der Waals surface area contributed by atoms with E-state index in [1.807, 2.05) is 30.5 Å². The fourth-order valence-electron chi connectivity index (χ4n) is 6.54. The van der Waals surface area contributed by atoms with E-state index in [9.17, 15) is 25.3 Å². The lowest BCUT2D eigenvalue weighted by Gasteiger charge is -2.25. The topological polar surface area (TPSA) is 217 Å². The van der Waals surface area contributed by atoms with Gasteiger partial charge < -0.3 is 11.5 Å². The molecule has 8 aromatic rings. The van der Waals surface area contributed by atoms with Crippen molar-refractivity contribution in [1.29, 1.82) is 10.8 Å². The minimum atomic E-state index is -4.67. The third kappa shape index (κ3) is 8.59. The number of benzene rings is 6. The molecule has 19 heteroatoms. The van der Waals surface area contributed by atoms with Crippen molar-refractivity contribution in [1.82, 2.24) is 0 Å². The maximum Gasteiger partial charge on any atom is 0.278 e. The number of hydrogen-bond donors (Lipinski definition) is 5. The molecule has 61 heavy (non-hydrogen) atoms. The van der Waals surface area contributed by atoms with Crippen LogP contribution in [0.25, 0.3) is 32.3 Å². The summed E-state index contributed by atoms with van der Waals surface area (Å²) in [6.07, 6.45) is 3.57. The largest absolute Gasteiger partial charge is 0.383 e. The van der Waals surface area contributed by atoms with E-state index in [0.29, 0.717) is 45.4 Å². The predicted octanol–water partition coefficient (Wildman–Crippen LogP) is 9.35. The monoisotopic (exact) mass is 944 g/mol. The smallest absolute Gasteiger partial charge is 0.278 e. The number of thioether (sulfide) groups is 2. The fourth-order valence-corrected chi connectivity index (χ4v) is 15.6. The lowest BCUT2D eigenvalue weighted by Crippen LogP contribution is -2.37. The van der Waals surface area contributed by atoms with E-state index in [1.165, 1.54) is 53.1 Å². The number of hydrogen-bond acceptors (Lipinski definition) is 12. The Hall–Kier alpha value is -5.41. The zero-order valence-corrected chi connectivity index (χ0v) is 37.9. The van der Waals surface area contributed by atoms with Crippen LogP contribution in [0.5, 0.6) is 0 Å². The molecule has 0 unspecified atom stereocenters. The van der Waals surface area contributed by atoms with Crippen LogP contribution in [0.3, 0.4) is 0 Å². The highest BCUT2D eigenvalue weighted by Gasteiger charge is 2.41. The van der Waals surface area contributed by atoms with Crippen molar-refractivity contribution < 1.29 is 25.3 Å². The predicted molar refractivity (Wildman–Crippen MR) is 254 cm³/mol. The Morgan fingerprint density at radius 1 is 0.541 bits per heavy atom. The molecule has 0 atom stereocenters. The summed E-state index contributed by atoms with van der Waals surface area (Å²) in [6, 6.07) is 38.8. The quantitative estimate of drug-likeness (QED) is 0.0444. The van der Waals surface area contributed by atoms with Gasteiger partial charge >= 0.3 is 0 Å². The number of nitrogens with two attached hydrogens (primary N) is 2. The highest BCUT2D eigenvalue weighted by Crippen LogP contribution is 2.44. The van der Waals surface area contributed by atoms with Gasteiger partial charge in [0.25, 0.3) is 30.1 Å². The van der Waals surface area contributed by atoms with Crippen LogP contribution in [0, 0.1) is 10.8 Å². The summed E-state index contributed by atoms with van der Waals surface area (Å²) in [6.45, 7) is 0. The van der Waals surface area contributed by atoms with Crippen LogP contribution < -0.4 is 19.9 Å². The molecule has 312 valence electrons. The molecule has 0 amide bonds. The molecule has 0 aliphatic carbocycles. The standard InChI is InChI=1S/C26H21N3O4S4.C16H15N3O2S3/c1-34-26-21(16-22(35-26)25(27)28)29(36(30,31)23-14-6-10-17-8-2-4-12-19(17)23)37(32,33)24-15-7-11-18-9-3-5-13-20(18)24;1-22-16-12(9-13(23-16)15(17)18)19-24(20,21)14-8-4-6-10-5-2-3-7-11(10)14/h2-16H,1H3,(H3,27,28);2-9,19H,1H3,(H3,17,18). The summed E-state index contributed by atoms with van der Waals surface area (Å²) in [5.41, 5.74) is 11.6. The zero-order chi connectivity index (χ0) is 43.7. The molecule has 0 spiro atoms. The van der Waals surface area contributed by atoms with E-state index >= 15 is 0 Å². The third-order valence-electron chi connectivity index (χ3n) is 9.25. The second-order valence-electron chi connectivity index (χ2n) is 13.1. The van der Waals surface area contributed by atoms with Crippen LogP contribution in [-0.2, 0) is 30.1 Å². The summed E-state index contributed by atoms with van der Waals surface area (Å²) in [7, 11) is -13.1. The number of sulfonamides is 3.